The van der Waals surface area contributed by atoms with Crippen LogP contribution in [-0.4, -0.2) is 43.2 Å². The normalized spacial score (nSPS) is 22.8. The molecule has 2 unspecified atom stereocenters. The van der Waals surface area contributed by atoms with Gasteiger partial charge in [0.05, 0.1) is 12.6 Å². The molecule has 4 nitrogen and oxygen atoms in total. The molecule has 2 aliphatic carbocycles. The van der Waals surface area contributed by atoms with Gasteiger partial charge in [-0.1, -0.05) is 43.2 Å². The first-order valence-electron chi connectivity index (χ1n) is 12.8. The Morgan fingerprint density at radius 1 is 1.24 bits per heavy atom. The molecule has 1 aromatic rings. The lowest BCUT2D eigenvalue weighted by Gasteiger charge is -2.24. The fourth-order valence-electron chi connectivity index (χ4n) is 5.63. The number of ether oxygens (including phenoxy) is 2. The van der Waals surface area contributed by atoms with Crippen molar-refractivity contribution in [3.05, 3.63) is 69.3 Å². The average molecular weight is 458 g/mol. The summed E-state index contributed by atoms with van der Waals surface area (Å²) < 4.78 is 11.3. The fraction of sp³-hybridized carbons (Fsp3) is 0.500. The molecule has 2 fully saturated rings. The molecule has 1 aromatic carbocycles. The molecule has 2 heterocycles. The van der Waals surface area contributed by atoms with Crippen LogP contribution >= 0.6 is 0 Å². The van der Waals surface area contributed by atoms with Crippen molar-refractivity contribution in [3.63, 3.8) is 0 Å². The lowest BCUT2D eigenvalue weighted by Crippen LogP contribution is -2.38. The molecule has 0 radical (unpaired) electrons. The van der Waals surface area contributed by atoms with Crippen LogP contribution in [0, 0.1) is 19.0 Å². The van der Waals surface area contributed by atoms with Crippen LogP contribution in [0.2, 0.25) is 0 Å². The summed E-state index contributed by atoms with van der Waals surface area (Å²) in [7, 11) is 0. The highest BCUT2D eigenvalue weighted by Gasteiger charge is 2.36. The molecular formula is C30H35NO3. The molecule has 1 saturated carbocycles. The van der Waals surface area contributed by atoms with E-state index in [2.05, 4.69) is 56.2 Å². The van der Waals surface area contributed by atoms with Crippen molar-refractivity contribution in [3.8, 4) is 12.0 Å². The molecular weight excluding hydrogens is 422 g/mol. The number of carbonyl (C=O) groups excluding carboxylic acids is 1. The van der Waals surface area contributed by atoms with Crippen LogP contribution in [0.15, 0.2) is 47.1 Å². The number of allylic oxidation sites excluding steroid dienone is 2. The van der Waals surface area contributed by atoms with E-state index < -0.39 is 0 Å². The van der Waals surface area contributed by atoms with Crippen LogP contribution in [0.4, 0.5) is 0 Å². The number of aryl methyl sites for hydroxylation is 2. The molecule has 0 spiro atoms. The lowest BCUT2D eigenvalue weighted by molar-refractivity contribution is -0.127. The predicted octanol–water partition coefficient (Wildman–Crippen LogP) is 5.33. The minimum absolute atomic E-state index is 0.103. The Hall–Kier alpha value is -2.77. The third kappa shape index (κ3) is 4.46. The molecule has 178 valence electrons. The Bertz CT molecular complexity index is 1120. The molecule has 0 aromatic heterocycles. The zero-order chi connectivity index (χ0) is 23.7. The summed E-state index contributed by atoms with van der Waals surface area (Å²) in [4.78, 5) is 15.2. The molecule has 34 heavy (non-hydrogen) atoms. The molecule has 5 rings (SSSR count). The van der Waals surface area contributed by atoms with Gasteiger partial charge < -0.3 is 14.4 Å². The van der Waals surface area contributed by atoms with Gasteiger partial charge in [-0.05, 0) is 78.3 Å². The number of rotatable bonds is 7. The third-order valence-corrected chi connectivity index (χ3v) is 7.75. The van der Waals surface area contributed by atoms with Gasteiger partial charge in [-0.2, -0.15) is 0 Å². The van der Waals surface area contributed by atoms with Gasteiger partial charge in [0.15, 0.2) is 0 Å². The summed E-state index contributed by atoms with van der Waals surface area (Å²) in [5.41, 5.74) is 8.93. The van der Waals surface area contributed by atoms with Crippen LogP contribution in [-0.2, 0) is 20.7 Å². The maximum atomic E-state index is 13.2. The number of nitrogens with zero attached hydrogens (tertiary/aromatic N) is 1. The van der Waals surface area contributed by atoms with E-state index in [4.69, 9.17) is 9.47 Å². The Labute approximate surface area is 203 Å². The number of hydrogen-bond acceptors (Lipinski definition) is 3. The average Bonchev–Trinajstić information content (AvgIpc) is 3.51. The summed E-state index contributed by atoms with van der Waals surface area (Å²) in [5.74, 6) is 3.80. The summed E-state index contributed by atoms with van der Waals surface area (Å²) in [6, 6.07) is 5.03. The molecule has 1 amide bonds. The minimum Gasteiger partial charge on any atom is -0.446 e. The highest BCUT2D eigenvalue weighted by atomic mass is 16.5. The van der Waals surface area contributed by atoms with E-state index in [-0.39, 0.29) is 17.9 Å². The Morgan fingerprint density at radius 2 is 2.09 bits per heavy atom. The molecule has 4 aliphatic rings. The number of hydrogen-bond donors (Lipinski definition) is 0. The van der Waals surface area contributed by atoms with Gasteiger partial charge in [0.25, 0.3) is 5.91 Å². The quantitative estimate of drug-likeness (QED) is 0.520. The van der Waals surface area contributed by atoms with Gasteiger partial charge >= 0.3 is 0 Å². The van der Waals surface area contributed by atoms with E-state index in [1.165, 1.54) is 40.7 Å². The molecule has 2 atom stereocenters. The van der Waals surface area contributed by atoms with Gasteiger partial charge in [-0.15, -0.1) is 0 Å². The van der Waals surface area contributed by atoms with E-state index in [1.54, 1.807) is 6.92 Å². The number of carbonyl (C=O) groups is 1. The summed E-state index contributed by atoms with van der Waals surface area (Å²) in [5, 5.41) is 0. The standard InChI is InChI=1S/C30H35NO3/c1-4-13-33-19-29(28-15-20(3)21(5-2)16-27(28)22-6-7-22)23-8-9-24-17-31(25-12-14-34-18-25)30(32)26(24)11-10-23/h8-10,15-16,22,25,29H,5-7,11-12,14,17-19H2,1-3H3. The highest BCUT2D eigenvalue weighted by Crippen LogP contribution is 2.46. The van der Waals surface area contributed by atoms with Gasteiger partial charge in [-0.25, -0.2) is 0 Å². The summed E-state index contributed by atoms with van der Waals surface area (Å²) in [6.07, 6.45) is 14.6. The largest absolute Gasteiger partial charge is 0.446 e. The van der Waals surface area contributed by atoms with Crippen molar-refractivity contribution in [1.29, 1.82) is 0 Å². The van der Waals surface area contributed by atoms with E-state index >= 15 is 0 Å². The first kappa shape index (κ1) is 23.0. The van der Waals surface area contributed by atoms with Crippen LogP contribution < -0.4 is 0 Å². The van der Waals surface area contributed by atoms with Crippen molar-refractivity contribution in [2.24, 2.45) is 0 Å². The summed E-state index contributed by atoms with van der Waals surface area (Å²) in [6.45, 7) is 8.88. The first-order valence-corrected chi connectivity index (χ1v) is 12.8. The van der Waals surface area contributed by atoms with E-state index in [1.807, 2.05) is 4.90 Å². The van der Waals surface area contributed by atoms with Crippen LogP contribution in [0.3, 0.4) is 0 Å². The number of benzene rings is 1. The van der Waals surface area contributed by atoms with Crippen molar-refractivity contribution in [2.75, 3.05) is 26.4 Å². The summed E-state index contributed by atoms with van der Waals surface area (Å²) >= 11 is 0. The van der Waals surface area contributed by atoms with Crippen LogP contribution in [0.5, 0.6) is 0 Å². The third-order valence-electron chi connectivity index (χ3n) is 7.75. The molecule has 0 N–H and O–H groups in total. The topological polar surface area (TPSA) is 38.8 Å². The predicted molar refractivity (Wildman–Crippen MR) is 134 cm³/mol. The monoisotopic (exact) mass is 457 g/mol. The minimum atomic E-state index is 0.103. The first-order chi connectivity index (χ1) is 16.6. The van der Waals surface area contributed by atoms with Crippen LogP contribution in [0.25, 0.3) is 0 Å². The van der Waals surface area contributed by atoms with E-state index in [0.29, 0.717) is 32.1 Å². The maximum absolute atomic E-state index is 13.2. The molecule has 0 bridgehead atoms. The molecule has 4 heteroatoms. The molecule has 1 saturated heterocycles. The Kier molecular flexibility index (Phi) is 6.66. The van der Waals surface area contributed by atoms with Gasteiger partial charge in [0.2, 0.25) is 0 Å². The van der Waals surface area contributed by atoms with Crippen molar-refractivity contribution in [2.45, 2.75) is 70.8 Å². The Morgan fingerprint density at radius 3 is 2.79 bits per heavy atom. The lowest BCUT2D eigenvalue weighted by atomic mass is 9.83. The van der Waals surface area contributed by atoms with Gasteiger partial charge in [-0.3, -0.25) is 4.79 Å². The van der Waals surface area contributed by atoms with E-state index in [9.17, 15) is 4.79 Å². The fourth-order valence-corrected chi connectivity index (χ4v) is 5.63. The Balaban J connectivity index is 1.45. The second-order valence-electron chi connectivity index (χ2n) is 9.95. The second kappa shape index (κ2) is 9.84. The maximum Gasteiger partial charge on any atom is 0.251 e. The van der Waals surface area contributed by atoms with E-state index in [0.717, 1.165) is 30.6 Å². The number of amides is 1. The van der Waals surface area contributed by atoms with Crippen molar-refractivity contribution >= 4 is 5.91 Å². The van der Waals surface area contributed by atoms with Crippen LogP contribution in [0.1, 0.15) is 73.6 Å². The van der Waals surface area contributed by atoms with Crippen molar-refractivity contribution in [1.82, 2.24) is 4.90 Å². The second-order valence-corrected chi connectivity index (χ2v) is 9.95. The smallest absolute Gasteiger partial charge is 0.251 e. The molecule has 2 aliphatic heterocycles. The van der Waals surface area contributed by atoms with Gasteiger partial charge in [0, 0.05) is 31.6 Å². The SMILES string of the molecule is CC#COCC(C1=CCC2=C(C=C1)CN(C1CCOC1)C2=O)c1cc(C)c(CC)cc1C1CC1. The zero-order valence-corrected chi connectivity index (χ0v) is 20.7. The van der Waals surface area contributed by atoms with Gasteiger partial charge in [0.1, 0.15) is 12.7 Å². The van der Waals surface area contributed by atoms with Crippen molar-refractivity contribution < 1.29 is 14.3 Å². The zero-order valence-electron chi connectivity index (χ0n) is 20.7. The highest BCUT2D eigenvalue weighted by molar-refractivity contribution is 5.98.